The van der Waals surface area contributed by atoms with Crippen LogP contribution < -0.4 is 11.1 Å². The number of benzene rings is 1. The molecule has 0 aliphatic rings. The topological polar surface area (TPSA) is 55.1 Å². The molecule has 1 aromatic carbocycles. The predicted octanol–water partition coefficient (Wildman–Crippen LogP) is 2.55. The van der Waals surface area contributed by atoms with Crippen LogP contribution in [0.4, 0.5) is 10.1 Å². The molecule has 0 fully saturated rings. The molecular formula is C11H14ClFN2O. The van der Waals surface area contributed by atoms with Gasteiger partial charge < -0.3 is 11.1 Å². The number of anilines is 1. The first-order chi connectivity index (χ1) is 7.50. The number of carbonyl (C=O) groups is 1. The largest absolute Gasteiger partial charge is 0.328 e. The molecule has 0 aliphatic heterocycles. The second-order valence-electron chi connectivity index (χ2n) is 3.66. The van der Waals surface area contributed by atoms with Gasteiger partial charge in [0.05, 0.1) is 10.7 Å². The van der Waals surface area contributed by atoms with Crippen molar-refractivity contribution < 1.29 is 9.18 Å². The van der Waals surface area contributed by atoms with Gasteiger partial charge in [0, 0.05) is 12.5 Å². The first kappa shape index (κ1) is 12.9. The fourth-order valence-corrected chi connectivity index (χ4v) is 1.39. The van der Waals surface area contributed by atoms with Gasteiger partial charge in [-0.2, -0.15) is 0 Å². The zero-order valence-corrected chi connectivity index (χ0v) is 9.72. The van der Waals surface area contributed by atoms with Gasteiger partial charge in [0.1, 0.15) is 5.82 Å². The Labute approximate surface area is 98.8 Å². The van der Waals surface area contributed by atoms with Gasteiger partial charge in [-0.3, -0.25) is 4.79 Å². The van der Waals surface area contributed by atoms with Crippen LogP contribution in [0.15, 0.2) is 18.2 Å². The zero-order valence-electron chi connectivity index (χ0n) is 8.97. The van der Waals surface area contributed by atoms with Gasteiger partial charge in [-0.25, -0.2) is 4.39 Å². The Bertz CT molecular complexity index is 362. The lowest BCUT2D eigenvalue weighted by atomic mass is 10.2. The number of nitrogens with two attached hydrogens (primary N) is 1. The van der Waals surface area contributed by atoms with Crippen LogP contribution in [0.5, 0.6) is 0 Å². The Morgan fingerprint density at radius 2 is 2.31 bits per heavy atom. The third kappa shape index (κ3) is 3.79. The van der Waals surface area contributed by atoms with Crippen LogP contribution in [0.1, 0.15) is 19.8 Å². The zero-order chi connectivity index (χ0) is 12.1. The third-order valence-corrected chi connectivity index (χ3v) is 2.37. The summed E-state index contributed by atoms with van der Waals surface area (Å²) in [5.41, 5.74) is 5.54. The van der Waals surface area contributed by atoms with Gasteiger partial charge in [-0.05, 0) is 25.5 Å². The van der Waals surface area contributed by atoms with E-state index < -0.39 is 5.82 Å². The summed E-state index contributed by atoms with van der Waals surface area (Å²) in [5, 5.41) is 2.62. The molecule has 3 nitrogen and oxygen atoms in total. The molecule has 1 rings (SSSR count). The molecule has 88 valence electrons. The fourth-order valence-electron chi connectivity index (χ4n) is 1.18. The summed E-state index contributed by atoms with van der Waals surface area (Å²) in [7, 11) is 0. The minimum absolute atomic E-state index is 0.0267. The van der Waals surface area contributed by atoms with Crippen molar-refractivity contribution in [1.29, 1.82) is 0 Å². The standard InChI is InChI=1S/C11H14ClFN2O/c1-7(14)5-6-10(16)15-11-8(12)3-2-4-9(11)13/h2-4,7H,5-6,14H2,1H3,(H,15,16). The van der Waals surface area contributed by atoms with Gasteiger partial charge in [0.15, 0.2) is 0 Å². The SMILES string of the molecule is CC(N)CCC(=O)Nc1c(F)cccc1Cl. The van der Waals surface area contributed by atoms with E-state index in [0.29, 0.717) is 6.42 Å². The lowest BCUT2D eigenvalue weighted by Crippen LogP contribution is -2.20. The first-order valence-corrected chi connectivity index (χ1v) is 5.38. The number of hydrogen-bond donors (Lipinski definition) is 2. The average molecular weight is 245 g/mol. The van der Waals surface area contributed by atoms with E-state index in [-0.39, 0.29) is 29.1 Å². The van der Waals surface area contributed by atoms with Crippen LogP contribution in [0.25, 0.3) is 0 Å². The van der Waals surface area contributed by atoms with E-state index in [1.54, 1.807) is 0 Å². The van der Waals surface area contributed by atoms with E-state index in [2.05, 4.69) is 5.32 Å². The number of amides is 1. The van der Waals surface area contributed by atoms with Crippen LogP contribution in [-0.4, -0.2) is 11.9 Å². The maximum Gasteiger partial charge on any atom is 0.224 e. The van der Waals surface area contributed by atoms with Gasteiger partial charge in [0.25, 0.3) is 0 Å². The molecule has 0 aromatic heterocycles. The van der Waals surface area contributed by atoms with Crippen LogP contribution in [-0.2, 0) is 4.79 Å². The van der Waals surface area contributed by atoms with Crippen molar-refractivity contribution in [3.8, 4) is 0 Å². The Morgan fingerprint density at radius 1 is 1.62 bits per heavy atom. The smallest absolute Gasteiger partial charge is 0.224 e. The van der Waals surface area contributed by atoms with Crippen molar-refractivity contribution in [3.63, 3.8) is 0 Å². The highest BCUT2D eigenvalue weighted by atomic mass is 35.5. The number of carbonyl (C=O) groups excluding carboxylic acids is 1. The lowest BCUT2D eigenvalue weighted by Gasteiger charge is -2.09. The molecule has 0 heterocycles. The summed E-state index contributed by atoms with van der Waals surface area (Å²) in [6.45, 7) is 1.81. The Hall–Kier alpha value is -1.13. The van der Waals surface area contributed by atoms with E-state index in [4.69, 9.17) is 17.3 Å². The van der Waals surface area contributed by atoms with Crippen molar-refractivity contribution in [1.82, 2.24) is 0 Å². The minimum Gasteiger partial charge on any atom is -0.328 e. The molecule has 1 aromatic rings. The second kappa shape index (κ2) is 5.82. The summed E-state index contributed by atoms with van der Waals surface area (Å²) >= 11 is 5.76. The average Bonchev–Trinajstić information content (AvgIpc) is 2.21. The molecule has 0 saturated heterocycles. The lowest BCUT2D eigenvalue weighted by molar-refractivity contribution is -0.116. The van der Waals surface area contributed by atoms with Crippen molar-refractivity contribution in [2.75, 3.05) is 5.32 Å². The van der Waals surface area contributed by atoms with Crippen molar-refractivity contribution in [2.45, 2.75) is 25.8 Å². The van der Waals surface area contributed by atoms with Crippen LogP contribution in [0, 0.1) is 5.82 Å². The van der Waals surface area contributed by atoms with Crippen LogP contribution in [0.2, 0.25) is 5.02 Å². The number of rotatable bonds is 4. The molecule has 16 heavy (non-hydrogen) atoms. The highest BCUT2D eigenvalue weighted by Gasteiger charge is 2.10. The molecule has 5 heteroatoms. The molecule has 0 saturated carbocycles. The summed E-state index contributed by atoms with van der Waals surface area (Å²) in [6.07, 6.45) is 0.806. The highest BCUT2D eigenvalue weighted by molar-refractivity contribution is 6.33. The summed E-state index contributed by atoms with van der Waals surface area (Å²) in [6, 6.07) is 4.19. The quantitative estimate of drug-likeness (QED) is 0.855. The van der Waals surface area contributed by atoms with E-state index in [1.807, 2.05) is 6.92 Å². The number of hydrogen-bond acceptors (Lipinski definition) is 2. The van der Waals surface area contributed by atoms with Crippen LogP contribution in [0.3, 0.4) is 0 Å². The molecule has 0 spiro atoms. The van der Waals surface area contributed by atoms with E-state index in [9.17, 15) is 9.18 Å². The van der Waals surface area contributed by atoms with Crippen molar-refractivity contribution in [2.24, 2.45) is 5.73 Å². The molecule has 1 amide bonds. The molecule has 3 N–H and O–H groups in total. The van der Waals surface area contributed by atoms with Gasteiger partial charge in [-0.1, -0.05) is 17.7 Å². The first-order valence-electron chi connectivity index (χ1n) is 5.00. The predicted molar refractivity (Wildman–Crippen MR) is 62.9 cm³/mol. The van der Waals surface area contributed by atoms with Crippen molar-refractivity contribution in [3.05, 3.63) is 29.0 Å². The Balaban J connectivity index is 2.63. The van der Waals surface area contributed by atoms with E-state index in [1.165, 1.54) is 18.2 Å². The highest BCUT2D eigenvalue weighted by Crippen LogP contribution is 2.24. The van der Waals surface area contributed by atoms with Gasteiger partial charge >= 0.3 is 0 Å². The molecule has 0 radical (unpaired) electrons. The molecule has 1 atom stereocenters. The minimum atomic E-state index is -0.540. The molecular weight excluding hydrogens is 231 g/mol. The van der Waals surface area contributed by atoms with E-state index >= 15 is 0 Å². The molecule has 0 aliphatic carbocycles. The monoisotopic (exact) mass is 244 g/mol. The van der Waals surface area contributed by atoms with Crippen LogP contribution >= 0.6 is 11.6 Å². The summed E-state index contributed by atoms with van der Waals surface area (Å²) < 4.78 is 13.3. The Morgan fingerprint density at radius 3 is 2.88 bits per heavy atom. The number of halogens is 2. The van der Waals surface area contributed by atoms with Gasteiger partial charge in [-0.15, -0.1) is 0 Å². The maximum atomic E-state index is 13.3. The molecule has 1 unspecified atom stereocenters. The number of para-hydroxylation sites is 1. The fraction of sp³-hybridized carbons (Fsp3) is 0.364. The Kier molecular flexibility index (Phi) is 4.71. The summed E-state index contributed by atoms with van der Waals surface area (Å²) in [4.78, 5) is 11.4. The molecule has 0 bridgehead atoms. The summed E-state index contributed by atoms with van der Waals surface area (Å²) in [5.74, 6) is -0.828. The third-order valence-electron chi connectivity index (χ3n) is 2.05. The maximum absolute atomic E-state index is 13.3. The second-order valence-corrected chi connectivity index (χ2v) is 4.07. The number of nitrogens with one attached hydrogen (secondary N) is 1. The van der Waals surface area contributed by atoms with Gasteiger partial charge in [0.2, 0.25) is 5.91 Å². The van der Waals surface area contributed by atoms with Crippen molar-refractivity contribution >= 4 is 23.2 Å². The van der Waals surface area contributed by atoms with E-state index in [0.717, 1.165) is 0 Å². The normalized spacial score (nSPS) is 12.2.